The number of thiazole rings is 2. The zero-order valence-electron chi connectivity index (χ0n) is 13.5. The van der Waals surface area contributed by atoms with Crippen LogP contribution in [0.1, 0.15) is 6.92 Å². The number of aromatic nitrogens is 2. The highest BCUT2D eigenvalue weighted by molar-refractivity contribution is 8.01. The van der Waals surface area contributed by atoms with Crippen molar-refractivity contribution in [1.82, 2.24) is 9.97 Å². The van der Waals surface area contributed by atoms with Crippen LogP contribution >= 0.6 is 34.4 Å². The van der Waals surface area contributed by atoms with E-state index in [1.54, 1.807) is 27.6 Å². The van der Waals surface area contributed by atoms with Gasteiger partial charge in [-0.15, -0.1) is 11.3 Å². The smallest absolute Gasteiger partial charge is 0.239 e. The highest BCUT2D eigenvalue weighted by atomic mass is 32.2. The first-order valence-electron chi connectivity index (χ1n) is 7.89. The molecule has 2 aromatic heterocycles. The van der Waals surface area contributed by atoms with Crippen LogP contribution in [0.2, 0.25) is 0 Å². The maximum absolute atomic E-state index is 12.7. The normalized spacial score (nSPS) is 11.2. The van der Waals surface area contributed by atoms with Gasteiger partial charge in [-0.3, -0.25) is 9.69 Å². The summed E-state index contributed by atoms with van der Waals surface area (Å²) >= 11 is 4.67. The summed E-state index contributed by atoms with van der Waals surface area (Å²) in [7, 11) is 0. The average molecular weight is 386 g/mol. The Bertz CT molecular complexity index is 974. The number of hydrogen-bond donors (Lipinski definition) is 0. The number of nitrogens with zero attached hydrogens (tertiary/aromatic N) is 3. The second-order valence-corrected chi connectivity index (χ2v) is 8.60. The Morgan fingerprint density at radius 1 is 1.00 bits per heavy atom. The van der Waals surface area contributed by atoms with Crippen molar-refractivity contribution < 1.29 is 4.79 Å². The van der Waals surface area contributed by atoms with E-state index in [0.29, 0.717) is 12.3 Å². The molecule has 0 N–H and O–H groups in total. The van der Waals surface area contributed by atoms with Gasteiger partial charge in [0.2, 0.25) is 5.91 Å². The van der Waals surface area contributed by atoms with Crippen LogP contribution < -0.4 is 4.90 Å². The van der Waals surface area contributed by atoms with Gasteiger partial charge in [-0.1, -0.05) is 47.4 Å². The molecule has 0 saturated carbocycles. The molecule has 0 radical (unpaired) electrons. The topological polar surface area (TPSA) is 46.1 Å². The lowest BCUT2D eigenvalue weighted by atomic mass is 10.3. The number of rotatable bonds is 5. The first-order chi connectivity index (χ1) is 12.2. The summed E-state index contributed by atoms with van der Waals surface area (Å²) in [5.41, 5.74) is 1.92. The minimum Gasteiger partial charge on any atom is -0.288 e. The lowest BCUT2D eigenvalue weighted by Crippen LogP contribution is -2.31. The molecule has 4 rings (SSSR count). The van der Waals surface area contributed by atoms with Crippen molar-refractivity contribution >= 4 is 65.9 Å². The van der Waals surface area contributed by atoms with Crippen LogP contribution in [0.15, 0.2) is 52.9 Å². The van der Waals surface area contributed by atoms with Crippen LogP contribution in [-0.2, 0) is 4.79 Å². The monoisotopic (exact) mass is 385 g/mol. The quantitative estimate of drug-likeness (QED) is 0.451. The fraction of sp³-hybridized carbons (Fsp3) is 0.167. The summed E-state index contributed by atoms with van der Waals surface area (Å²) in [6.07, 6.45) is 0. The molecule has 0 aliphatic carbocycles. The number of amides is 1. The van der Waals surface area contributed by atoms with Crippen molar-refractivity contribution in [2.45, 2.75) is 11.3 Å². The summed E-state index contributed by atoms with van der Waals surface area (Å²) in [5, 5.41) is 0.763. The SMILES string of the molecule is CCN(C(=O)CSc1nc2ccccc2s1)c1nc2ccccc2s1. The van der Waals surface area contributed by atoms with Crippen molar-refractivity contribution in [1.29, 1.82) is 0 Å². The van der Waals surface area contributed by atoms with E-state index in [0.717, 1.165) is 29.9 Å². The molecule has 25 heavy (non-hydrogen) atoms. The Morgan fingerprint density at radius 3 is 2.28 bits per heavy atom. The largest absolute Gasteiger partial charge is 0.288 e. The number of thioether (sulfide) groups is 1. The van der Waals surface area contributed by atoms with Crippen molar-refractivity contribution in [2.75, 3.05) is 17.2 Å². The Labute approximate surface area is 157 Å². The van der Waals surface area contributed by atoms with Crippen LogP contribution in [-0.4, -0.2) is 28.2 Å². The number of para-hydroxylation sites is 2. The van der Waals surface area contributed by atoms with E-state index in [-0.39, 0.29) is 5.91 Å². The number of carbonyl (C=O) groups is 1. The van der Waals surface area contributed by atoms with E-state index in [1.165, 1.54) is 11.8 Å². The van der Waals surface area contributed by atoms with Gasteiger partial charge in [0, 0.05) is 6.54 Å². The molecule has 7 heteroatoms. The van der Waals surface area contributed by atoms with Crippen molar-refractivity contribution in [3.05, 3.63) is 48.5 Å². The summed E-state index contributed by atoms with van der Waals surface area (Å²) in [4.78, 5) is 23.6. The third-order valence-corrected chi connectivity index (χ3v) is 6.95. The van der Waals surface area contributed by atoms with Gasteiger partial charge in [-0.05, 0) is 31.2 Å². The van der Waals surface area contributed by atoms with Gasteiger partial charge < -0.3 is 0 Å². The van der Waals surface area contributed by atoms with Crippen molar-refractivity contribution in [3.63, 3.8) is 0 Å². The first kappa shape index (κ1) is 16.5. The van der Waals surface area contributed by atoms with Gasteiger partial charge in [-0.2, -0.15) is 0 Å². The number of anilines is 1. The van der Waals surface area contributed by atoms with Crippen LogP contribution in [0.4, 0.5) is 5.13 Å². The molecule has 0 unspecified atom stereocenters. The van der Waals surface area contributed by atoms with Crippen LogP contribution in [0.5, 0.6) is 0 Å². The summed E-state index contributed by atoms with van der Waals surface area (Å²) in [5.74, 6) is 0.426. The number of carbonyl (C=O) groups excluding carboxylic acids is 1. The van der Waals surface area contributed by atoms with Gasteiger partial charge >= 0.3 is 0 Å². The van der Waals surface area contributed by atoms with Gasteiger partial charge in [0.15, 0.2) is 9.47 Å². The van der Waals surface area contributed by atoms with E-state index in [9.17, 15) is 4.79 Å². The molecular weight excluding hydrogens is 370 g/mol. The summed E-state index contributed by atoms with van der Waals surface area (Å²) in [6, 6.07) is 16.0. The molecule has 4 nitrogen and oxygen atoms in total. The fourth-order valence-electron chi connectivity index (χ4n) is 2.51. The Morgan fingerprint density at radius 2 is 1.64 bits per heavy atom. The molecule has 0 spiro atoms. The predicted octanol–water partition coefficient (Wildman–Crippen LogP) is 5.05. The number of benzene rings is 2. The molecule has 0 fully saturated rings. The number of hydrogen-bond acceptors (Lipinski definition) is 6. The standard InChI is InChI=1S/C18H15N3OS3/c1-2-21(17-19-12-7-3-5-9-14(12)24-17)16(22)11-23-18-20-13-8-4-6-10-15(13)25-18/h3-10H,2,11H2,1H3. The first-order valence-corrected chi connectivity index (χ1v) is 10.5. The molecule has 0 saturated heterocycles. The van der Waals surface area contributed by atoms with Gasteiger partial charge in [0.1, 0.15) is 0 Å². The summed E-state index contributed by atoms with van der Waals surface area (Å²) < 4.78 is 3.17. The molecule has 0 aliphatic heterocycles. The summed E-state index contributed by atoms with van der Waals surface area (Å²) in [6.45, 7) is 2.59. The van der Waals surface area contributed by atoms with Crippen LogP contribution in [0, 0.1) is 0 Å². The third kappa shape index (κ3) is 3.40. The van der Waals surface area contributed by atoms with E-state index in [1.807, 2.05) is 49.4 Å². The second-order valence-electron chi connectivity index (χ2n) is 5.34. The minimum atomic E-state index is 0.0609. The maximum atomic E-state index is 12.7. The molecule has 126 valence electrons. The molecule has 0 aliphatic rings. The molecule has 4 aromatic rings. The fourth-order valence-corrected chi connectivity index (χ4v) is 5.50. The molecule has 1 amide bonds. The lowest BCUT2D eigenvalue weighted by molar-refractivity contribution is -0.116. The second kappa shape index (κ2) is 7.11. The lowest BCUT2D eigenvalue weighted by Gasteiger charge is -2.16. The van der Waals surface area contributed by atoms with Crippen molar-refractivity contribution in [3.8, 4) is 0 Å². The Kier molecular flexibility index (Phi) is 4.70. The third-order valence-electron chi connectivity index (χ3n) is 3.72. The van der Waals surface area contributed by atoms with E-state index < -0.39 is 0 Å². The van der Waals surface area contributed by atoms with E-state index >= 15 is 0 Å². The van der Waals surface area contributed by atoms with Gasteiger partial charge in [-0.25, -0.2) is 9.97 Å². The Balaban J connectivity index is 1.50. The Hall–Kier alpha value is -1.96. The number of fused-ring (bicyclic) bond motifs is 2. The average Bonchev–Trinajstić information content (AvgIpc) is 3.23. The van der Waals surface area contributed by atoms with Gasteiger partial charge in [0.05, 0.1) is 26.2 Å². The predicted molar refractivity (Wildman–Crippen MR) is 108 cm³/mol. The molecule has 2 aromatic carbocycles. The maximum Gasteiger partial charge on any atom is 0.239 e. The molecule has 0 bridgehead atoms. The van der Waals surface area contributed by atoms with Gasteiger partial charge in [0.25, 0.3) is 0 Å². The van der Waals surface area contributed by atoms with E-state index in [2.05, 4.69) is 16.0 Å². The van der Waals surface area contributed by atoms with Crippen molar-refractivity contribution in [2.24, 2.45) is 0 Å². The molecule has 0 atom stereocenters. The minimum absolute atomic E-state index is 0.0609. The highest BCUT2D eigenvalue weighted by Crippen LogP contribution is 2.31. The zero-order valence-corrected chi connectivity index (χ0v) is 16.0. The highest BCUT2D eigenvalue weighted by Gasteiger charge is 2.18. The molecule has 2 heterocycles. The molecular formula is C18H15N3OS3. The zero-order chi connectivity index (χ0) is 17.2. The van der Waals surface area contributed by atoms with E-state index in [4.69, 9.17) is 0 Å². The van der Waals surface area contributed by atoms with Crippen LogP contribution in [0.3, 0.4) is 0 Å². The van der Waals surface area contributed by atoms with Crippen LogP contribution in [0.25, 0.3) is 20.4 Å².